The molecule has 2 unspecified atom stereocenters. The summed E-state index contributed by atoms with van der Waals surface area (Å²) in [5, 5.41) is 3.98. The van der Waals surface area contributed by atoms with Gasteiger partial charge >= 0.3 is 0 Å². The fourth-order valence-corrected chi connectivity index (χ4v) is 9.32. The molecular weight excluding hydrogens is 590 g/mol. The van der Waals surface area contributed by atoms with Crippen LogP contribution in [0, 0.1) is 0 Å². The van der Waals surface area contributed by atoms with Gasteiger partial charge in [-0.2, -0.15) is 4.31 Å². The van der Waals surface area contributed by atoms with Crippen LogP contribution in [0.3, 0.4) is 0 Å². The van der Waals surface area contributed by atoms with Crippen LogP contribution in [0.1, 0.15) is 62.9 Å². The Morgan fingerprint density at radius 1 is 0.953 bits per heavy atom. The van der Waals surface area contributed by atoms with Crippen LogP contribution >= 0.6 is 0 Å². The molecule has 2 bridgehead atoms. The Hall–Kier alpha value is -2.32. The van der Waals surface area contributed by atoms with Gasteiger partial charge in [-0.1, -0.05) is 18.2 Å². The van der Waals surface area contributed by atoms with Crippen molar-refractivity contribution in [1.82, 2.24) is 24.0 Å². The van der Waals surface area contributed by atoms with E-state index in [0.717, 1.165) is 36.6 Å². The van der Waals surface area contributed by atoms with Crippen LogP contribution in [-0.4, -0.2) is 116 Å². The molecule has 1 amide bonds. The number of aromatic nitrogens is 1. The lowest BCUT2D eigenvalue weighted by Gasteiger charge is -2.39. The van der Waals surface area contributed by atoms with E-state index < -0.39 is 19.9 Å². The van der Waals surface area contributed by atoms with E-state index in [1.54, 1.807) is 17.6 Å². The number of para-hydroxylation sites is 1. The zero-order chi connectivity index (χ0) is 30.9. The Kier molecular flexibility index (Phi) is 9.67. The third kappa shape index (κ3) is 7.16. The number of nitrogens with zero attached hydrogens (tertiary/aromatic N) is 4. The number of piperidine rings is 1. The quantitative estimate of drug-likeness (QED) is 0.395. The molecule has 3 fully saturated rings. The average molecular weight is 636 g/mol. The van der Waals surface area contributed by atoms with Crippen LogP contribution in [0.4, 0.5) is 0 Å². The minimum Gasteiger partial charge on any atom is -0.349 e. The predicted octanol–water partition coefficient (Wildman–Crippen LogP) is 1.69. The van der Waals surface area contributed by atoms with Gasteiger partial charge in [-0.25, -0.2) is 16.8 Å². The second-order valence-electron chi connectivity index (χ2n) is 12.4. The van der Waals surface area contributed by atoms with Crippen molar-refractivity contribution in [2.45, 2.75) is 70.6 Å². The zero-order valence-corrected chi connectivity index (χ0v) is 27.1. The number of rotatable bonds is 11. The fraction of sp³-hybridized carbons (Fsp3) is 0.667. The highest BCUT2D eigenvalue weighted by Crippen LogP contribution is 2.35. The maximum absolute atomic E-state index is 13.4. The van der Waals surface area contributed by atoms with Crippen molar-refractivity contribution in [2.75, 3.05) is 56.5 Å². The summed E-state index contributed by atoms with van der Waals surface area (Å²) in [5.74, 6) is -0.113. The van der Waals surface area contributed by atoms with Crippen molar-refractivity contribution < 1.29 is 21.6 Å². The Morgan fingerprint density at radius 3 is 2.21 bits per heavy atom. The highest BCUT2D eigenvalue weighted by Gasteiger charge is 2.41. The van der Waals surface area contributed by atoms with Crippen LogP contribution in [0.2, 0.25) is 0 Å². The number of fused-ring (bicyclic) bond motifs is 3. The summed E-state index contributed by atoms with van der Waals surface area (Å²) in [6.07, 6.45) is 3.41. The van der Waals surface area contributed by atoms with Gasteiger partial charge in [0.2, 0.25) is 10.0 Å². The normalized spacial score (nSPS) is 24.1. The summed E-state index contributed by atoms with van der Waals surface area (Å²) >= 11 is 0. The van der Waals surface area contributed by atoms with Crippen LogP contribution in [0.15, 0.2) is 35.1 Å². The monoisotopic (exact) mass is 635 g/mol. The summed E-state index contributed by atoms with van der Waals surface area (Å²) in [5.41, 5.74) is 0.678. The van der Waals surface area contributed by atoms with Gasteiger partial charge in [0, 0.05) is 63.4 Å². The molecule has 13 heteroatoms. The minimum atomic E-state index is -3.27. The number of hydrogen-bond donors (Lipinski definition) is 1. The lowest BCUT2D eigenvalue weighted by atomic mass is 9.97. The Balaban J connectivity index is 1.13. The third-order valence-electron chi connectivity index (χ3n) is 9.39. The minimum absolute atomic E-state index is 0.0635. The van der Waals surface area contributed by atoms with Gasteiger partial charge in [-0.3, -0.25) is 19.4 Å². The van der Waals surface area contributed by atoms with Crippen molar-refractivity contribution in [2.24, 2.45) is 0 Å². The van der Waals surface area contributed by atoms with Gasteiger partial charge in [0.15, 0.2) is 9.84 Å². The van der Waals surface area contributed by atoms with E-state index in [2.05, 4.69) is 10.2 Å². The summed E-state index contributed by atoms with van der Waals surface area (Å²) in [7, 11) is -6.48. The number of carbonyl (C=O) groups is 1. The molecule has 11 nitrogen and oxygen atoms in total. The summed E-state index contributed by atoms with van der Waals surface area (Å²) in [6.45, 7) is 8.29. The van der Waals surface area contributed by atoms with Crippen LogP contribution in [0.25, 0.3) is 10.9 Å². The zero-order valence-electron chi connectivity index (χ0n) is 25.4. The number of amides is 1. The molecular formula is C30H45N5O6S2. The first-order chi connectivity index (χ1) is 20.4. The molecule has 1 N–H and O–H groups in total. The van der Waals surface area contributed by atoms with E-state index >= 15 is 0 Å². The van der Waals surface area contributed by atoms with E-state index in [4.69, 9.17) is 0 Å². The maximum Gasteiger partial charge on any atom is 0.264 e. The van der Waals surface area contributed by atoms with Gasteiger partial charge in [0.1, 0.15) is 5.56 Å². The second-order valence-corrected chi connectivity index (χ2v) is 17.0. The lowest BCUT2D eigenvalue weighted by Crippen LogP contribution is -2.52. The number of piperazine rings is 1. The highest BCUT2D eigenvalue weighted by atomic mass is 32.2. The molecule has 3 saturated heterocycles. The van der Waals surface area contributed by atoms with Crippen molar-refractivity contribution in [3.63, 3.8) is 0 Å². The molecule has 3 aliphatic heterocycles. The molecule has 0 radical (unpaired) electrons. The van der Waals surface area contributed by atoms with Gasteiger partial charge in [0.05, 0.1) is 22.8 Å². The Labute approximate surface area is 255 Å². The van der Waals surface area contributed by atoms with Gasteiger partial charge in [-0.05, 0) is 64.0 Å². The van der Waals surface area contributed by atoms with Crippen LogP contribution in [-0.2, 0) is 19.9 Å². The molecule has 5 rings (SSSR count). The molecule has 1 aromatic carbocycles. The molecule has 43 heavy (non-hydrogen) atoms. The van der Waals surface area contributed by atoms with E-state index in [1.165, 1.54) is 4.31 Å². The fourth-order valence-electron chi connectivity index (χ4n) is 7.01. The van der Waals surface area contributed by atoms with Crippen LogP contribution < -0.4 is 10.9 Å². The lowest BCUT2D eigenvalue weighted by molar-refractivity contribution is 0.0856. The van der Waals surface area contributed by atoms with Gasteiger partial charge in [-0.15, -0.1) is 0 Å². The van der Waals surface area contributed by atoms with Gasteiger partial charge in [0.25, 0.3) is 11.5 Å². The summed E-state index contributed by atoms with van der Waals surface area (Å²) in [6, 6.07) is 9.55. The predicted molar refractivity (Wildman–Crippen MR) is 169 cm³/mol. The smallest absolute Gasteiger partial charge is 0.264 e. The average Bonchev–Trinajstić information content (AvgIpc) is 3.22. The van der Waals surface area contributed by atoms with Crippen LogP contribution in [0.5, 0.6) is 0 Å². The number of benzene rings is 1. The SMILES string of the molecule is CCS(=O)(=O)N1CCN(CCS(=O)(=O)CCN2C3CCC2CC(NC(=O)c2cc4ccccc4n(C(C)C)c2=O)C3)CC1. The number of carbonyl (C=O) groups excluding carboxylic acids is 1. The molecule has 0 spiro atoms. The number of hydrogen-bond acceptors (Lipinski definition) is 8. The number of sulfone groups is 1. The third-order valence-corrected chi connectivity index (χ3v) is 12.9. The standard InChI is InChI=1S/C30H45N5O6S2/c1-4-43(40,41)33-13-11-32(12-14-33)15-17-42(38,39)18-16-34-25-9-10-26(34)21-24(20-25)31-29(36)27-19-23-7-5-6-8-28(23)35(22(2)3)30(27)37/h5-8,19,22,24-26H,4,9-18,20-21H2,1-3H3,(H,31,36). The number of nitrogens with one attached hydrogen (secondary N) is 1. The number of pyridine rings is 1. The molecule has 4 heterocycles. The van der Waals surface area contributed by atoms with E-state index in [-0.39, 0.29) is 58.5 Å². The first-order valence-corrected chi connectivity index (χ1v) is 18.9. The van der Waals surface area contributed by atoms with Crippen molar-refractivity contribution in [3.8, 4) is 0 Å². The van der Waals surface area contributed by atoms with E-state index in [1.807, 2.05) is 43.0 Å². The maximum atomic E-state index is 13.4. The highest BCUT2D eigenvalue weighted by molar-refractivity contribution is 7.91. The molecule has 0 aliphatic carbocycles. The molecule has 3 aliphatic rings. The molecule has 238 valence electrons. The Morgan fingerprint density at radius 2 is 1.58 bits per heavy atom. The summed E-state index contributed by atoms with van der Waals surface area (Å²) < 4.78 is 53.2. The molecule has 2 aromatic rings. The first-order valence-electron chi connectivity index (χ1n) is 15.5. The first kappa shape index (κ1) is 32.1. The van der Waals surface area contributed by atoms with Crippen molar-refractivity contribution in [3.05, 3.63) is 46.2 Å². The number of sulfonamides is 1. The van der Waals surface area contributed by atoms with E-state index in [0.29, 0.717) is 39.3 Å². The summed E-state index contributed by atoms with van der Waals surface area (Å²) in [4.78, 5) is 31.0. The molecule has 2 atom stereocenters. The van der Waals surface area contributed by atoms with Crippen molar-refractivity contribution >= 4 is 36.7 Å². The molecule has 0 saturated carbocycles. The Bertz CT molecular complexity index is 1580. The van der Waals surface area contributed by atoms with Gasteiger partial charge < -0.3 is 9.88 Å². The topological polar surface area (TPSA) is 129 Å². The molecule has 1 aromatic heterocycles. The van der Waals surface area contributed by atoms with E-state index in [9.17, 15) is 26.4 Å². The van der Waals surface area contributed by atoms with Crippen molar-refractivity contribution in [1.29, 1.82) is 0 Å². The largest absolute Gasteiger partial charge is 0.349 e. The second kappa shape index (κ2) is 13.0.